The summed E-state index contributed by atoms with van der Waals surface area (Å²) in [5.41, 5.74) is 6.79. The lowest BCUT2D eigenvalue weighted by Gasteiger charge is -2.20. The predicted octanol–water partition coefficient (Wildman–Crippen LogP) is 5.35. The second-order valence-corrected chi connectivity index (χ2v) is 4.85. The molecule has 0 fully saturated rings. The van der Waals surface area contributed by atoms with Crippen LogP contribution in [0.1, 0.15) is 52.9 Å². The first-order valence-electron chi connectivity index (χ1n) is 6.30. The maximum absolute atomic E-state index is 4.23. The van der Waals surface area contributed by atoms with Crippen molar-refractivity contribution in [3.05, 3.63) is 47.1 Å². The summed E-state index contributed by atoms with van der Waals surface area (Å²) in [5.74, 6) is 0. The molecule has 0 aliphatic heterocycles. The van der Waals surface area contributed by atoms with Crippen LogP contribution in [0.5, 0.6) is 0 Å². The molecule has 0 spiro atoms. The number of rotatable bonds is 5. The second-order valence-electron chi connectivity index (χ2n) is 4.85. The van der Waals surface area contributed by atoms with E-state index in [1.54, 1.807) is 0 Å². The fourth-order valence-electron chi connectivity index (χ4n) is 2.09. The maximum atomic E-state index is 4.23. The summed E-state index contributed by atoms with van der Waals surface area (Å²) < 4.78 is 0. The third kappa shape index (κ3) is 3.23. The number of hydrogen-bond acceptors (Lipinski definition) is 0. The topological polar surface area (TPSA) is 0 Å². The molecule has 0 amide bonds. The fourth-order valence-corrected chi connectivity index (χ4v) is 2.09. The molecule has 0 aromatic rings. The highest BCUT2D eigenvalue weighted by Crippen LogP contribution is 2.32. The Morgan fingerprint density at radius 2 is 2.00 bits per heavy atom. The summed E-state index contributed by atoms with van der Waals surface area (Å²) in [6.07, 6.45) is 8.22. The molecule has 0 bridgehead atoms. The van der Waals surface area contributed by atoms with Gasteiger partial charge in [-0.25, -0.2) is 0 Å². The van der Waals surface area contributed by atoms with E-state index in [-0.39, 0.29) is 0 Å². The fraction of sp³-hybridized carbons (Fsp3) is 0.500. The molecule has 0 radical (unpaired) electrons. The minimum Gasteiger partial charge on any atom is -0.0958 e. The predicted molar refractivity (Wildman–Crippen MR) is 73.5 cm³/mol. The molecule has 1 aliphatic carbocycles. The Morgan fingerprint density at radius 1 is 1.31 bits per heavy atom. The van der Waals surface area contributed by atoms with Gasteiger partial charge in [-0.15, -0.1) is 0 Å². The van der Waals surface area contributed by atoms with Crippen molar-refractivity contribution in [2.45, 2.75) is 52.9 Å². The van der Waals surface area contributed by atoms with E-state index in [4.69, 9.17) is 0 Å². The van der Waals surface area contributed by atoms with E-state index >= 15 is 0 Å². The zero-order valence-electron chi connectivity index (χ0n) is 11.0. The van der Waals surface area contributed by atoms with E-state index in [1.807, 2.05) is 0 Å². The second kappa shape index (κ2) is 5.89. The quantitative estimate of drug-likeness (QED) is 0.581. The first kappa shape index (κ1) is 13.0. The summed E-state index contributed by atoms with van der Waals surface area (Å²) in [6, 6.07) is 0. The Hall–Kier alpha value is -1.04. The molecule has 0 heterocycles. The van der Waals surface area contributed by atoms with Crippen molar-refractivity contribution in [2.75, 3.05) is 0 Å². The molecule has 0 aromatic heterocycles. The van der Waals surface area contributed by atoms with Crippen LogP contribution in [0.15, 0.2) is 47.1 Å². The third-order valence-electron chi connectivity index (χ3n) is 3.31. The molecule has 1 rings (SSSR count). The molecule has 0 heteroatoms. The van der Waals surface area contributed by atoms with E-state index < -0.39 is 0 Å². The highest BCUT2D eigenvalue weighted by Gasteiger charge is 2.12. The highest BCUT2D eigenvalue weighted by molar-refractivity contribution is 5.49. The Bertz CT molecular complexity index is 350. The van der Waals surface area contributed by atoms with Crippen molar-refractivity contribution in [3.8, 4) is 0 Å². The molecular weight excluding hydrogens is 192 g/mol. The van der Waals surface area contributed by atoms with E-state index in [0.717, 1.165) is 12.8 Å². The molecule has 16 heavy (non-hydrogen) atoms. The monoisotopic (exact) mass is 216 g/mol. The molecular formula is C16H24. The molecule has 0 unspecified atom stereocenters. The zero-order chi connectivity index (χ0) is 12.1. The normalized spacial score (nSPS) is 16.1. The van der Waals surface area contributed by atoms with Gasteiger partial charge in [0.1, 0.15) is 0 Å². The van der Waals surface area contributed by atoms with Crippen LogP contribution in [0.25, 0.3) is 0 Å². The average molecular weight is 216 g/mol. The van der Waals surface area contributed by atoms with Crippen LogP contribution in [0.4, 0.5) is 0 Å². The van der Waals surface area contributed by atoms with Crippen LogP contribution in [0, 0.1) is 0 Å². The molecule has 0 atom stereocenters. The molecule has 0 nitrogen and oxygen atoms in total. The molecule has 88 valence electrons. The first-order valence-corrected chi connectivity index (χ1v) is 6.30. The number of unbranched alkanes of at least 4 members (excludes halogenated alkanes) is 1. The van der Waals surface area contributed by atoms with Gasteiger partial charge in [-0.1, -0.05) is 43.7 Å². The van der Waals surface area contributed by atoms with Gasteiger partial charge in [0.05, 0.1) is 0 Å². The van der Waals surface area contributed by atoms with Gasteiger partial charge in [0.25, 0.3) is 0 Å². The summed E-state index contributed by atoms with van der Waals surface area (Å²) >= 11 is 0. The van der Waals surface area contributed by atoms with E-state index in [9.17, 15) is 0 Å². The number of allylic oxidation sites excluding steroid dienone is 6. The molecule has 0 saturated carbocycles. The molecule has 0 aromatic carbocycles. The summed E-state index contributed by atoms with van der Waals surface area (Å²) in [4.78, 5) is 0. The van der Waals surface area contributed by atoms with Gasteiger partial charge in [0, 0.05) is 0 Å². The average Bonchev–Trinajstić information content (AvgIpc) is 2.26. The summed E-state index contributed by atoms with van der Waals surface area (Å²) in [6.45, 7) is 14.8. The molecule has 1 aliphatic rings. The lowest BCUT2D eigenvalue weighted by atomic mass is 9.86. The van der Waals surface area contributed by atoms with Gasteiger partial charge >= 0.3 is 0 Å². The van der Waals surface area contributed by atoms with Crippen LogP contribution >= 0.6 is 0 Å². The van der Waals surface area contributed by atoms with Crippen LogP contribution in [-0.4, -0.2) is 0 Å². The van der Waals surface area contributed by atoms with Crippen molar-refractivity contribution >= 4 is 0 Å². The zero-order valence-corrected chi connectivity index (χ0v) is 11.0. The lowest BCUT2D eigenvalue weighted by molar-refractivity contribution is 0.788. The maximum Gasteiger partial charge on any atom is -0.0238 e. The smallest absolute Gasteiger partial charge is 0.0238 e. The minimum absolute atomic E-state index is 1.13. The standard InChI is InChI=1S/C16H24/c1-6-7-8-13(4)16-11-15(12(2)3)10-9-14(16)5/h11H,2,4,6-10H2,1,3,5H3. The Morgan fingerprint density at radius 3 is 2.56 bits per heavy atom. The van der Waals surface area contributed by atoms with Gasteiger partial charge in [0.15, 0.2) is 0 Å². The van der Waals surface area contributed by atoms with E-state index in [2.05, 4.69) is 40.0 Å². The van der Waals surface area contributed by atoms with Gasteiger partial charge in [-0.3, -0.25) is 0 Å². The van der Waals surface area contributed by atoms with Gasteiger partial charge < -0.3 is 0 Å². The van der Waals surface area contributed by atoms with Crippen molar-refractivity contribution in [2.24, 2.45) is 0 Å². The van der Waals surface area contributed by atoms with Crippen molar-refractivity contribution in [1.29, 1.82) is 0 Å². The van der Waals surface area contributed by atoms with Crippen LogP contribution < -0.4 is 0 Å². The molecule has 0 saturated heterocycles. The first-order chi connectivity index (χ1) is 7.56. The Kier molecular flexibility index (Phi) is 4.79. The minimum atomic E-state index is 1.13. The van der Waals surface area contributed by atoms with Crippen LogP contribution in [-0.2, 0) is 0 Å². The Balaban J connectivity index is 2.84. The van der Waals surface area contributed by atoms with Crippen LogP contribution in [0.2, 0.25) is 0 Å². The van der Waals surface area contributed by atoms with Crippen molar-refractivity contribution in [3.63, 3.8) is 0 Å². The summed E-state index contributed by atoms with van der Waals surface area (Å²) in [5, 5.41) is 0. The number of hydrogen-bond donors (Lipinski definition) is 0. The van der Waals surface area contributed by atoms with Crippen molar-refractivity contribution in [1.82, 2.24) is 0 Å². The van der Waals surface area contributed by atoms with E-state index in [1.165, 1.54) is 47.1 Å². The van der Waals surface area contributed by atoms with Gasteiger partial charge in [-0.2, -0.15) is 0 Å². The van der Waals surface area contributed by atoms with Gasteiger partial charge in [0.2, 0.25) is 0 Å². The molecule has 0 N–H and O–H groups in total. The SMILES string of the molecule is C=C(C)C1=CC(C(=C)CCCC)=C(C)CC1. The van der Waals surface area contributed by atoms with E-state index in [0.29, 0.717) is 0 Å². The highest BCUT2D eigenvalue weighted by atomic mass is 14.2. The Labute approximate surface area is 100 Å². The largest absolute Gasteiger partial charge is 0.0958 e. The summed E-state index contributed by atoms with van der Waals surface area (Å²) in [7, 11) is 0. The lowest BCUT2D eigenvalue weighted by Crippen LogP contribution is -2.00. The van der Waals surface area contributed by atoms with Crippen molar-refractivity contribution < 1.29 is 0 Å². The third-order valence-corrected chi connectivity index (χ3v) is 3.31. The van der Waals surface area contributed by atoms with Gasteiger partial charge in [-0.05, 0) is 56.3 Å². The van der Waals surface area contributed by atoms with Crippen LogP contribution in [0.3, 0.4) is 0 Å².